The van der Waals surface area contributed by atoms with Crippen LogP contribution in [0.3, 0.4) is 0 Å². The molecule has 4 nitrogen and oxygen atoms in total. The van der Waals surface area contributed by atoms with Crippen molar-refractivity contribution < 1.29 is 24.2 Å². The minimum atomic E-state index is -1.63. The summed E-state index contributed by atoms with van der Waals surface area (Å²) in [6, 6.07) is 7.53. The first-order valence-corrected chi connectivity index (χ1v) is 6.84. The number of thiophene rings is 1. The van der Waals surface area contributed by atoms with Gasteiger partial charge >= 0.3 is 5.97 Å². The third-order valence-electron chi connectivity index (χ3n) is 2.78. The van der Waals surface area contributed by atoms with E-state index in [9.17, 15) is 19.1 Å². The van der Waals surface area contributed by atoms with Gasteiger partial charge in [0.1, 0.15) is 11.6 Å². The lowest BCUT2D eigenvalue weighted by molar-refractivity contribution is -0.146. The molecule has 1 heterocycles. The molecule has 0 spiro atoms. The lowest BCUT2D eigenvalue weighted by atomic mass is 10.1. The third kappa shape index (κ3) is 3.76. The molecule has 108 valence electrons. The van der Waals surface area contributed by atoms with Crippen LogP contribution < -0.4 is 0 Å². The molecule has 0 aliphatic rings. The molecule has 0 bridgehead atoms. The van der Waals surface area contributed by atoms with Gasteiger partial charge in [-0.2, -0.15) is 0 Å². The maximum atomic E-state index is 12.9. The summed E-state index contributed by atoms with van der Waals surface area (Å²) in [5.74, 6) is -3.54. The summed E-state index contributed by atoms with van der Waals surface area (Å²) < 4.78 is 12.9. The molecule has 6 heteroatoms. The van der Waals surface area contributed by atoms with Gasteiger partial charge < -0.3 is 10.2 Å². The van der Waals surface area contributed by atoms with Gasteiger partial charge in [-0.05, 0) is 29.1 Å². The molecule has 0 saturated carbocycles. The fraction of sp³-hybridized carbons (Fsp3) is 0.0667. The molecule has 0 saturated heterocycles. The minimum absolute atomic E-state index is 0.333. The van der Waals surface area contributed by atoms with Crippen LogP contribution in [0.4, 0.5) is 4.39 Å². The van der Waals surface area contributed by atoms with Crippen LogP contribution >= 0.6 is 11.3 Å². The summed E-state index contributed by atoms with van der Waals surface area (Å²) in [4.78, 5) is 22.3. The fourth-order valence-corrected chi connectivity index (χ4v) is 2.68. The molecule has 2 aromatic rings. The SMILES string of the molecule is O=C(O)C(=O)/C=C(\O)c1ccsc1Cc1ccc(F)cc1. The number of aliphatic hydroxyl groups is 1. The van der Waals surface area contributed by atoms with Gasteiger partial charge in [-0.25, -0.2) is 9.18 Å². The highest BCUT2D eigenvalue weighted by atomic mass is 32.1. The summed E-state index contributed by atoms with van der Waals surface area (Å²) in [6.45, 7) is 0. The second kappa shape index (κ2) is 6.32. The van der Waals surface area contributed by atoms with Crippen LogP contribution in [0.1, 0.15) is 16.0 Å². The Balaban J connectivity index is 2.24. The van der Waals surface area contributed by atoms with E-state index in [-0.39, 0.29) is 11.6 Å². The Kier molecular flexibility index (Phi) is 4.49. The molecule has 0 aliphatic heterocycles. The molecule has 0 unspecified atom stereocenters. The monoisotopic (exact) mass is 306 g/mol. The van der Waals surface area contributed by atoms with Gasteiger partial charge in [0.15, 0.2) is 0 Å². The molecule has 0 amide bonds. The van der Waals surface area contributed by atoms with E-state index < -0.39 is 11.8 Å². The second-order valence-corrected chi connectivity index (χ2v) is 5.26. The smallest absolute Gasteiger partial charge is 0.376 e. The van der Waals surface area contributed by atoms with Crippen molar-refractivity contribution in [2.75, 3.05) is 0 Å². The van der Waals surface area contributed by atoms with Crippen LogP contribution in [-0.4, -0.2) is 22.0 Å². The van der Waals surface area contributed by atoms with Crippen molar-refractivity contribution in [2.45, 2.75) is 6.42 Å². The number of carboxylic acid groups (broad SMARTS) is 1. The first-order chi connectivity index (χ1) is 9.97. The number of hydrogen-bond acceptors (Lipinski definition) is 4. The van der Waals surface area contributed by atoms with E-state index in [0.29, 0.717) is 18.1 Å². The highest BCUT2D eigenvalue weighted by Crippen LogP contribution is 2.25. The van der Waals surface area contributed by atoms with E-state index in [1.165, 1.54) is 23.5 Å². The van der Waals surface area contributed by atoms with Crippen molar-refractivity contribution in [3.8, 4) is 0 Å². The zero-order valence-corrected chi connectivity index (χ0v) is 11.6. The lowest BCUT2D eigenvalue weighted by Gasteiger charge is -2.03. The number of hydrogen-bond donors (Lipinski definition) is 2. The average Bonchev–Trinajstić information content (AvgIpc) is 2.89. The van der Waals surface area contributed by atoms with E-state index in [1.807, 2.05) is 0 Å². The number of carbonyl (C=O) groups excluding carboxylic acids is 1. The molecular weight excluding hydrogens is 295 g/mol. The lowest BCUT2D eigenvalue weighted by Crippen LogP contribution is -2.09. The molecule has 0 radical (unpaired) electrons. The van der Waals surface area contributed by atoms with Crippen molar-refractivity contribution in [1.29, 1.82) is 0 Å². The summed E-state index contributed by atoms with van der Waals surface area (Å²) in [5.41, 5.74) is 1.25. The standard InChI is InChI=1S/C15H11FO4S/c16-10-3-1-9(2-4-10)7-14-11(5-6-21-14)12(17)8-13(18)15(19)20/h1-6,8,17H,7H2,(H,19,20)/b12-8-. The van der Waals surface area contributed by atoms with Crippen LogP contribution in [0, 0.1) is 5.82 Å². The zero-order chi connectivity index (χ0) is 15.4. The van der Waals surface area contributed by atoms with Crippen molar-refractivity contribution in [3.05, 3.63) is 63.6 Å². The fourth-order valence-electron chi connectivity index (χ4n) is 1.76. The number of halogens is 1. The molecule has 1 aromatic carbocycles. The minimum Gasteiger partial charge on any atom is -0.507 e. The number of aliphatic hydroxyl groups excluding tert-OH is 1. The number of carbonyl (C=O) groups is 2. The Morgan fingerprint density at radius 3 is 2.43 bits per heavy atom. The summed E-state index contributed by atoms with van der Waals surface area (Å²) in [7, 11) is 0. The molecule has 0 atom stereocenters. The van der Waals surface area contributed by atoms with Gasteiger partial charge in [0.05, 0.1) is 0 Å². The Hall–Kier alpha value is -2.47. The van der Waals surface area contributed by atoms with E-state index >= 15 is 0 Å². The number of aliphatic carboxylic acids is 1. The van der Waals surface area contributed by atoms with Gasteiger partial charge in [-0.15, -0.1) is 11.3 Å². The molecule has 1 aromatic heterocycles. The van der Waals surface area contributed by atoms with E-state index in [4.69, 9.17) is 5.11 Å². The predicted octanol–water partition coefficient (Wildman–Crippen LogP) is 3.03. The molecule has 21 heavy (non-hydrogen) atoms. The van der Waals surface area contributed by atoms with Crippen molar-refractivity contribution in [3.63, 3.8) is 0 Å². The normalized spacial score (nSPS) is 11.4. The van der Waals surface area contributed by atoms with Crippen LogP contribution in [0.2, 0.25) is 0 Å². The van der Waals surface area contributed by atoms with Crippen molar-refractivity contribution >= 4 is 28.8 Å². The van der Waals surface area contributed by atoms with Crippen molar-refractivity contribution in [1.82, 2.24) is 0 Å². The van der Waals surface area contributed by atoms with Crippen LogP contribution in [0.25, 0.3) is 5.76 Å². The second-order valence-electron chi connectivity index (χ2n) is 4.26. The first-order valence-electron chi connectivity index (χ1n) is 5.96. The quantitative estimate of drug-likeness (QED) is 0.506. The number of rotatable bonds is 5. The topological polar surface area (TPSA) is 74.6 Å². The Morgan fingerprint density at radius 1 is 1.14 bits per heavy atom. The van der Waals surface area contributed by atoms with E-state index in [1.54, 1.807) is 23.6 Å². The van der Waals surface area contributed by atoms with Crippen molar-refractivity contribution in [2.24, 2.45) is 0 Å². The van der Waals surface area contributed by atoms with Gasteiger partial charge in [-0.1, -0.05) is 12.1 Å². The largest absolute Gasteiger partial charge is 0.507 e. The summed E-state index contributed by atoms with van der Waals surface area (Å²) >= 11 is 1.36. The van der Waals surface area contributed by atoms with Gasteiger partial charge in [-0.3, -0.25) is 4.79 Å². The van der Waals surface area contributed by atoms with Crippen LogP contribution in [-0.2, 0) is 16.0 Å². The van der Waals surface area contributed by atoms with Gasteiger partial charge in [0.25, 0.3) is 5.78 Å². The van der Waals surface area contributed by atoms with Gasteiger partial charge in [0, 0.05) is 22.9 Å². The third-order valence-corrected chi connectivity index (χ3v) is 3.70. The Bertz CT molecular complexity index is 701. The maximum Gasteiger partial charge on any atom is 0.376 e. The maximum absolute atomic E-state index is 12.9. The average molecular weight is 306 g/mol. The van der Waals surface area contributed by atoms with E-state index in [2.05, 4.69) is 0 Å². The molecule has 2 rings (SSSR count). The van der Waals surface area contributed by atoms with Crippen LogP contribution in [0.15, 0.2) is 41.8 Å². The zero-order valence-electron chi connectivity index (χ0n) is 10.7. The number of benzene rings is 1. The Labute approximate surface area is 123 Å². The first kappa shape index (κ1) is 14.9. The molecule has 0 aliphatic carbocycles. The number of carboxylic acids is 1. The van der Waals surface area contributed by atoms with Gasteiger partial charge in [0.2, 0.25) is 0 Å². The van der Waals surface area contributed by atoms with E-state index in [0.717, 1.165) is 10.4 Å². The molecular formula is C15H11FO4S. The summed E-state index contributed by atoms with van der Waals surface area (Å²) in [6.07, 6.45) is 1.13. The highest BCUT2D eigenvalue weighted by Gasteiger charge is 2.14. The molecule has 0 fully saturated rings. The Morgan fingerprint density at radius 2 is 1.81 bits per heavy atom. The highest BCUT2D eigenvalue weighted by molar-refractivity contribution is 7.10. The van der Waals surface area contributed by atoms with Crippen LogP contribution in [0.5, 0.6) is 0 Å². The predicted molar refractivity (Wildman–Crippen MR) is 76.8 cm³/mol. The summed E-state index contributed by atoms with van der Waals surface area (Å²) in [5, 5.41) is 20.1. The number of ketones is 1. The molecule has 2 N–H and O–H groups in total.